The number of carbonyl (C=O) groups is 1. The quantitative estimate of drug-likeness (QED) is 0.632. The Kier molecular flexibility index (Phi) is 5.94. The average molecular weight is 322 g/mol. The van der Waals surface area contributed by atoms with Crippen molar-refractivity contribution < 1.29 is 22.7 Å². The van der Waals surface area contributed by atoms with Crippen LogP contribution in [0.25, 0.3) is 0 Å². The summed E-state index contributed by atoms with van der Waals surface area (Å²) in [6.07, 6.45) is 0.546. The van der Waals surface area contributed by atoms with Crippen molar-refractivity contribution in [2.75, 3.05) is 20.3 Å². The highest BCUT2D eigenvalue weighted by atomic mass is 35.5. The number of nitrogens with two attached hydrogens (primary N) is 1. The number of hydrogen-bond acceptors (Lipinski definition) is 5. The van der Waals surface area contributed by atoms with Gasteiger partial charge in [0.2, 0.25) is 10.0 Å². The van der Waals surface area contributed by atoms with Crippen LogP contribution < -0.4 is 5.14 Å². The zero-order chi connectivity index (χ0) is 15.3. The monoisotopic (exact) mass is 321 g/mol. The molecule has 112 valence electrons. The molecule has 0 aliphatic heterocycles. The molecule has 6 nitrogen and oxygen atoms in total. The Morgan fingerprint density at radius 1 is 1.35 bits per heavy atom. The summed E-state index contributed by atoms with van der Waals surface area (Å²) >= 11 is 5.81. The van der Waals surface area contributed by atoms with Crippen LogP contribution in [0.1, 0.15) is 22.3 Å². The second-order valence-electron chi connectivity index (χ2n) is 4.10. The van der Waals surface area contributed by atoms with E-state index in [1.165, 1.54) is 19.1 Å². The first kappa shape index (κ1) is 16.9. The number of benzene rings is 1. The Morgan fingerprint density at radius 3 is 2.55 bits per heavy atom. The predicted octanol–water partition coefficient (Wildman–Crippen LogP) is 1.49. The molecular weight excluding hydrogens is 306 g/mol. The van der Waals surface area contributed by atoms with Crippen LogP contribution in [0, 0.1) is 6.92 Å². The van der Waals surface area contributed by atoms with E-state index in [4.69, 9.17) is 26.2 Å². The zero-order valence-corrected chi connectivity index (χ0v) is 12.8. The Hall–Kier alpha value is -1.15. The lowest BCUT2D eigenvalue weighted by Gasteiger charge is -2.11. The number of sulfonamides is 1. The van der Waals surface area contributed by atoms with Crippen molar-refractivity contribution >= 4 is 27.6 Å². The fourth-order valence-electron chi connectivity index (χ4n) is 1.61. The third-order valence-electron chi connectivity index (χ3n) is 2.58. The second kappa shape index (κ2) is 7.03. The number of primary sulfonamides is 1. The Balaban J connectivity index is 3.01. The molecule has 0 saturated carbocycles. The summed E-state index contributed by atoms with van der Waals surface area (Å²) in [4.78, 5) is 11.7. The van der Waals surface area contributed by atoms with Crippen molar-refractivity contribution in [3.63, 3.8) is 0 Å². The van der Waals surface area contributed by atoms with E-state index in [0.29, 0.717) is 13.0 Å². The second-order valence-corrected chi connectivity index (χ2v) is 6.07. The molecule has 1 aromatic carbocycles. The van der Waals surface area contributed by atoms with Crippen LogP contribution in [0.15, 0.2) is 17.0 Å². The summed E-state index contributed by atoms with van der Waals surface area (Å²) < 4.78 is 32.7. The van der Waals surface area contributed by atoms with Gasteiger partial charge in [0, 0.05) is 25.2 Å². The van der Waals surface area contributed by atoms with Crippen molar-refractivity contribution in [2.24, 2.45) is 5.14 Å². The summed E-state index contributed by atoms with van der Waals surface area (Å²) in [5, 5.41) is 5.18. The number of hydrogen-bond donors (Lipinski definition) is 1. The minimum Gasteiger partial charge on any atom is -0.462 e. The van der Waals surface area contributed by atoms with Crippen LogP contribution in [0.5, 0.6) is 0 Å². The summed E-state index contributed by atoms with van der Waals surface area (Å²) in [7, 11) is -2.41. The van der Waals surface area contributed by atoms with E-state index in [1.807, 2.05) is 0 Å². The predicted molar refractivity (Wildman–Crippen MR) is 74.3 cm³/mol. The summed E-state index contributed by atoms with van der Waals surface area (Å²) in [6, 6.07) is 2.55. The molecule has 20 heavy (non-hydrogen) atoms. The van der Waals surface area contributed by atoms with E-state index in [2.05, 4.69) is 0 Å². The highest BCUT2D eigenvalue weighted by Gasteiger charge is 2.20. The molecule has 8 heteroatoms. The molecular formula is C12H16ClNO5S. The third-order valence-corrected chi connectivity index (χ3v) is 3.83. The lowest BCUT2D eigenvalue weighted by molar-refractivity contribution is 0.0467. The van der Waals surface area contributed by atoms with Gasteiger partial charge < -0.3 is 9.47 Å². The van der Waals surface area contributed by atoms with E-state index in [1.54, 1.807) is 7.11 Å². The van der Waals surface area contributed by atoms with Crippen LogP contribution >= 0.6 is 11.6 Å². The number of carbonyl (C=O) groups excluding carboxylic acids is 1. The number of halogens is 1. The summed E-state index contributed by atoms with van der Waals surface area (Å²) in [5.74, 6) is -0.647. The van der Waals surface area contributed by atoms with Crippen molar-refractivity contribution in [2.45, 2.75) is 18.2 Å². The molecule has 0 aliphatic carbocycles. The van der Waals surface area contributed by atoms with E-state index in [9.17, 15) is 13.2 Å². The molecule has 0 radical (unpaired) electrons. The Bertz CT molecular complexity index is 600. The van der Waals surface area contributed by atoms with Gasteiger partial charge in [0.05, 0.1) is 17.1 Å². The van der Waals surface area contributed by atoms with Gasteiger partial charge in [-0.15, -0.1) is 0 Å². The molecule has 0 aliphatic rings. The first-order chi connectivity index (χ1) is 9.27. The Morgan fingerprint density at radius 2 is 2.00 bits per heavy atom. The van der Waals surface area contributed by atoms with Gasteiger partial charge in [-0.2, -0.15) is 0 Å². The molecule has 0 spiro atoms. The van der Waals surface area contributed by atoms with E-state index in [0.717, 1.165) is 0 Å². The third kappa shape index (κ3) is 4.45. The molecule has 0 aromatic heterocycles. The molecule has 0 saturated heterocycles. The number of rotatable bonds is 6. The van der Waals surface area contributed by atoms with Gasteiger partial charge in [0.1, 0.15) is 0 Å². The maximum atomic E-state index is 11.9. The minimum atomic E-state index is -3.95. The normalized spacial score (nSPS) is 11.4. The van der Waals surface area contributed by atoms with E-state index < -0.39 is 16.0 Å². The molecule has 0 amide bonds. The topological polar surface area (TPSA) is 95.7 Å². The van der Waals surface area contributed by atoms with Gasteiger partial charge >= 0.3 is 5.97 Å². The maximum absolute atomic E-state index is 11.9. The summed E-state index contributed by atoms with van der Waals surface area (Å²) in [5.41, 5.74) is 0.299. The molecule has 0 bridgehead atoms. The lowest BCUT2D eigenvalue weighted by Crippen LogP contribution is -2.17. The lowest BCUT2D eigenvalue weighted by atomic mass is 10.1. The van der Waals surface area contributed by atoms with Crippen LogP contribution in [0.4, 0.5) is 0 Å². The minimum absolute atomic E-state index is 0.0824. The number of ether oxygens (including phenoxy) is 2. The van der Waals surface area contributed by atoms with Crippen molar-refractivity contribution in [1.82, 2.24) is 0 Å². The highest BCUT2D eigenvalue weighted by Crippen LogP contribution is 2.24. The molecule has 2 N–H and O–H groups in total. The van der Waals surface area contributed by atoms with Crippen molar-refractivity contribution in [3.8, 4) is 0 Å². The largest absolute Gasteiger partial charge is 0.462 e. The van der Waals surface area contributed by atoms with E-state index >= 15 is 0 Å². The highest BCUT2D eigenvalue weighted by molar-refractivity contribution is 7.89. The first-order valence-electron chi connectivity index (χ1n) is 5.76. The van der Waals surface area contributed by atoms with Gasteiger partial charge in [-0.3, -0.25) is 0 Å². The van der Waals surface area contributed by atoms with Crippen LogP contribution in [-0.4, -0.2) is 34.7 Å². The summed E-state index contributed by atoms with van der Waals surface area (Å²) in [6.45, 7) is 2.11. The first-order valence-corrected chi connectivity index (χ1v) is 7.68. The van der Waals surface area contributed by atoms with Crippen molar-refractivity contribution in [3.05, 3.63) is 28.3 Å². The molecule has 0 fully saturated rings. The van der Waals surface area contributed by atoms with Crippen molar-refractivity contribution in [1.29, 1.82) is 0 Å². The average Bonchev–Trinajstić information content (AvgIpc) is 2.35. The van der Waals surface area contributed by atoms with Gasteiger partial charge in [0.25, 0.3) is 0 Å². The fourth-order valence-corrected chi connectivity index (χ4v) is 2.72. The van der Waals surface area contributed by atoms with Gasteiger partial charge in [-0.05, 0) is 24.6 Å². The van der Waals surface area contributed by atoms with Gasteiger partial charge in [-0.1, -0.05) is 11.6 Å². The number of methoxy groups -OCH3 is 1. The van der Waals surface area contributed by atoms with Gasteiger partial charge in [0.15, 0.2) is 0 Å². The number of esters is 1. The molecule has 0 atom stereocenters. The standard InChI is InChI=1S/C12H16ClNO5S/c1-8-10(12(15)19-5-3-4-18-2)6-9(13)7-11(8)20(14,16)17/h6-7H,3-5H2,1-2H3,(H2,14,16,17). The van der Waals surface area contributed by atoms with E-state index in [-0.39, 0.29) is 27.7 Å². The molecule has 0 heterocycles. The maximum Gasteiger partial charge on any atom is 0.338 e. The van der Waals surface area contributed by atoms with Crippen LogP contribution in [0.3, 0.4) is 0 Å². The smallest absolute Gasteiger partial charge is 0.338 e. The van der Waals surface area contributed by atoms with Crippen LogP contribution in [-0.2, 0) is 19.5 Å². The fraction of sp³-hybridized carbons (Fsp3) is 0.417. The van der Waals surface area contributed by atoms with Gasteiger partial charge in [-0.25, -0.2) is 18.4 Å². The molecule has 1 rings (SSSR count). The zero-order valence-electron chi connectivity index (χ0n) is 11.2. The molecule has 1 aromatic rings. The Labute approximate surface area is 122 Å². The SMILES string of the molecule is COCCCOC(=O)c1cc(Cl)cc(S(N)(=O)=O)c1C. The molecule has 0 unspecified atom stereocenters. The van der Waals surface area contributed by atoms with Crippen LogP contribution in [0.2, 0.25) is 5.02 Å².